The molecule has 15 heavy (non-hydrogen) atoms. The van der Waals surface area contributed by atoms with Crippen molar-refractivity contribution < 1.29 is 8.42 Å². The first kappa shape index (κ1) is 11.8. The minimum absolute atomic E-state index is 0.283. The number of rotatable bonds is 5. The van der Waals surface area contributed by atoms with Crippen LogP contribution in [0.15, 0.2) is 35.2 Å². The molecule has 3 nitrogen and oxygen atoms in total. The van der Waals surface area contributed by atoms with Gasteiger partial charge in [0.1, 0.15) is 0 Å². The summed E-state index contributed by atoms with van der Waals surface area (Å²) in [5.74, 6) is 2.46. The van der Waals surface area contributed by atoms with Crippen LogP contribution in [0.1, 0.15) is 12.8 Å². The molecule has 0 aliphatic carbocycles. The van der Waals surface area contributed by atoms with Crippen LogP contribution >= 0.6 is 0 Å². The standard InChI is InChI=1S/C11H13NO2S/c1-2-3-7-10-12-15(13,14)11-8-5-4-6-9-11/h1,4-6,8-9,12H,3,7,10H2. The molecule has 0 atom stereocenters. The third kappa shape index (κ3) is 3.74. The van der Waals surface area contributed by atoms with E-state index < -0.39 is 10.0 Å². The van der Waals surface area contributed by atoms with Crippen LogP contribution in [0.5, 0.6) is 0 Å². The summed E-state index contributed by atoms with van der Waals surface area (Å²) in [5, 5.41) is 0. The predicted octanol–water partition coefficient (Wildman–Crippen LogP) is 1.38. The molecule has 1 rings (SSSR count). The molecule has 0 aliphatic rings. The maximum atomic E-state index is 11.6. The summed E-state index contributed by atoms with van der Waals surface area (Å²) < 4.78 is 25.8. The molecule has 0 aliphatic heterocycles. The summed E-state index contributed by atoms with van der Waals surface area (Å²) in [6, 6.07) is 8.27. The second-order valence-corrected chi connectivity index (χ2v) is 4.79. The highest BCUT2D eigenvalue weighted by Crippen LogP contribution is 2.06. The van der Waals surface area contributed by atoms with Gasteiger partial charge in [0.2, 0.25) is 10.0 Å². The van der Waals surface area contributed by atoms with Crippen LogP contribution < -0.4 is 4.72 Å². The van der Waals surface area contributed by atoms with Crippen molar-refractivity contribution in [1.29, 1.82) is 0 Å². The van der Waals surface area contributed by atoms with Crippen molar-refractivity contribution in [2.24, 2.45) is 0 Å². The van der Waals surface area contributed by atoms with Crippen molar-refractivity contribution >= 4 is 10.0 Å². The number of nitrogens with one attached hydrogen (secondary N) is 1. The Balaban J connectivity index is 2.58. The van der Waals surface area contributed by atoms with Crippen LogP contribution in [0.4, 0.5) is 0 Å². The number of unbranched alkanes of at least 4 members (excludes halogenated alkanes) is 1. The van der Waals surface area contributed by atoms with E-state index in [1.807, 2.05) is 0 Å². The fourth-order valence-corrected chi connectivity index (χ4v) is 2.18. The summed E-state index contributed by atoms with van der Waals surface area (Å²) in [7, 11) is -3.36. The van der Waals surface area contributed by atoms with E-state index in [9.17, 15) is 8.42 Å². The van der Waals surface area contributed by atoms with Gasteiger partial charge in [-0.15, -0.1) is 12.3 Å². The normalized spacial score (nSPS) is 10.9. The van der Waals surface area contributed by atoms with Crippen LogP contribution in [0.2, 0.25) is 0 Å². The summed E-state index contributed by atoms with van der Waals surface area (Å²) in [5.41, 5.74) is 0. The molecule has 0 heterocycles. The zero-order chi connectivity index (χ0) is 11.1. The van der Waals surface area contributed by atoms with Gasteiger partial charge in [0.15, 0.2) is 0 Å². The fourth-order valence-electron chi connectivity index (χ4n) is 1.08. The number of benzene rings is 1. The van der Waals surface area contributed by atoms with Crippen LogP contribution in [-0.4, -0.2) is 15.0 Å². The molecule has 80 valence electrons. The Kier molecular flexibility index (Phi) is 4.35. The highest BCUT2D eigenvalue weighted by molar-refractivity contribution is 7.89. The van der Waals surface area contributed by atoms with Crippen molar-refractivity contribution in [2.75, 3.05) is 6.54 Å². The SMILES string of the molecule is C#CCCCNS(=O)(=O)c1ccccc1. The van der Waals surface area contributed by atoms with Gasteiger partial charge in [0.05, 0.1) is 4.90 Å². The fraction of sp³-hybridized carbons (Fsp3) is 0.273. The van der Waals surface area contributed by atoms with Gasteiger partial charge >= 0.3 is 0 Å². The summed E-state index contributed by atoms with van der Waals surface area (Å²) >= 11 is 0. The molecule has 0 unspecified atom stereocenters. The lowest BCUT2D eigenvalue weighted by Crippen LogP contribution is -2.24. The average Bonchev–Trinajstić information content (AvgIpc) is 2.26. The van der Waals surface area contributed by atoms with Gasteiger partial charge < -0.3 is 0 Å². The van der Waals surface area contributed by atoms with Gasteiger partial charge in [-0.1, -0.05) is 18.2 Å². The molecule has 1 aromatic rings. The lowest BCUT2D eigenvalue weighted by molar-refractivity contribution is 0.579. The van der Waals surface area contributed by atoms with Crippen LogP contribution in [0, 0.1) is 12.3 Å². The van der Waals surface area contributed by atoms with Crippen LogP contribution in [0.25, 0.3) is 0 Å². The summed E-state index contributed by atoms with van der Waals surface area (Å²) in [6.07, 6.45) is 6.30. The smallest absolute Gasteiger partial charge is 0.211 e. The lowest BCUT2D eigenvalue weighted by atomic mass is 10.3. The third-order valence-electron chi connectivity index (χ3n) is 1.84. The first-order valence-electron chi connectivity index (χ1n) is 4.65. The minimum atomic E-state index is -3.36. The van der Waals surface area contributed by atoms with Crippen molar-refractivity contribution in [2.45, 2.75) is 17.7 Å². The van der Waals surface area contributed by atoms with E-state index in [0.29, 0.717) is 19.4 Å². The van der Waals surface area contributed by atoms with Crippen molar-refractivity contribution in [1.82, 2.24) is 4.72 Å². The molecule has 0 radical (unpaired) electrons. The van der Waals surface area contributed by atoms with Gasteiger partial charge in [0, 0.05) is 13.0 Å². The molecule has 1 N–H and O–H groups in total. The quantitative estimate of drug-likeness (QED) is 0.605. The molecule has 1 aromatic carbocycles. The van der Waals surface area contributed by atoms with E-state index in [2.05, 4.69) is 10.6 Å². The Morgan fingerprint density at radius 1 is 1.27 bits per heavy atom. The molecule has 0 saturated carbocycles. The Morgan fingerprint density at radius 3 is 2.53 bits per heavy atom. The summed E-state index contributed by atoms with van der Waals surface area (Å²) in [6.45, 7) is 0.376. The van der Waals surface area contributed by atoms with Crippen molar-refractivity contribution in [3.8, 4) is 12.3 Å². The van der Waals surface area contributed by atoms with Gasteiger partial charge in [-0.2, -0.15) is 0 Å². The predicted molar refractivity (Wildman–Crippen MR) is 59.7 cm³/mol. The monoisotopic (exact) mass is 223 g/mol. The Bertz CT molecular complexity index is 431. The molecule has 0 spiro atoms. The molecule has 0 aromatic heterocycles. The van der Waals surface area contributed by atoms with E-state index in [1.54, 1.807) is 30.3 Å². The maximum absolute atomic E-state index is 11.6. The van der Waals surface area contributed by atoms with Gasteiger partial charge in [-0.05, 0) is 18.6 Å². The zero-order valence-electron chi connectivity index (χ0n) is 8.31. The average molecular weight is 223 g/mol. The van der Waals surface area contributed by atoms with Gasteiger partial charge in [-0.25, -0.2) is 13.1 Å². The van der Waals surface area contributed by atoms with E-state index in [4.69, 9.17) is 6.42 Å². The number of hydrogen-bond acceptors (Lipinski definition) is 2. The van der Waals surface area contributed by atoms with Crippen LogP contribution in [-0.2, 0) is 10.0 Å². The van der Waals surface area contributed by atoms with E-state index >= 15 is 0 Å². The molecule has 0 amide bonds. The minimum Gasteiger partial charge on any atom is -0.211 e. The molecular formula is C11H13NO2S. The second kappa shape index (κ2) is 5.54. The molecular weight excluding hydrogens is 210 g/mol. The number of sulfonamides is 1. The van der Waals surface area contributed by atoms with Gasteiger partial charge in [0.25, 0.3) is 0 Å². The Morgan fingerprint density at radius 2 is 1.93 bits per heavy atom. The molecule has 0 fully saturated rings. The molecule has 0 bridgehead atoms. The summed E-state index contributed by atoms with van der Waals surface area (Å²) in [4.78, 5) is 0.283. The first-order valence-corrected chi connectivity index (χ1v) is 6.13. The zero-order valence-corrected chi connectivity index (χ0v) is 9.13. The highest BCUT2D eigenvalue weighted by atomic mass is 32.2. The topological polar surface area (TPSA) is 46.2 Å². The van der Waals surface area contributed by atoms with E-state index in [1.165, 1.54) is 0 Å². The number of terminal acetylenes is 1. The van der Waals surface area contributed by atoms with Crippen LogP contribution in [0.3, 0.4) is 0 Å². The molecule has 0 saturated heterocycles. The van der Waals surface area contributed by atoms with Crippen molar-refractivity contribution in [3.63, 3.8) is 0 Å². The van der Waals surface area contributed by atoms with Crippen molar-refractivity contribution in [3.05, 3.63) is 30.3 Å². The third-order valence-corrected chi connectivity index (χ3v) is 3.32. The van der Waals surface area contributed by atoms with Gasteiger partial charge in [-0.3, -0.25) is 0 Å². The first-order chi connectivity index (χ1) is 7.17. The van der Waals surface area contributed by atoms with E-state index in [-0.39, 0.29) is 4.90 Å². The van der Waals surface area contributed by atoms with E-state index in [0.717, 1.165) is 0 Å². The Hall–Kier alpha value is -1.31. The Labute approximate surface area is 90.6 Å². The highest BCUT2D eigenvalue weighted by Gasteiger charge is 2.11. The number of hydrogen-bond donors (Lipinski definition) is 1. The lowest BCUT2D eigenvalue weighted by Gasteiger charge is -2.04. The largest absolute Gasteiger partial charge is 0.240 e. The maximum Gasteiger partial charge on any atom is 0.240 e. The molecule has 4 heteroatoms. The second-order valence-electron chi connectivity index (χ2n) is 3.02.